The molecule has 0 aliphatic carbocycles. The van der Waals surface area contributed by atoms with Crippen LogP contribution in [-0.4, -0.2) is 42.9 Å². The normalized spacial score (nSPS) is 11.6. The van der Waals surface area contributed by atoms with Crippen molar-refractivity contribution in [3.63, 3.8) is 0 Å². The van der Waals surface area contributed by atoms with E-state index in [4.69, 9.17) is 9.47 Å². The fraction of sp³-hybridized carbons (Fsp3) is 0.333. The highest BCUT2D eigenvalue weighted by Crippen LogP contribution is 2.02. The number of benzene rings is 1. The summed E-state index contributed by atoms with van der Waals surface area (Å²) in [5.41, 5.74) is 0.431. The van der Waals surface area contributed by atoms with E-state index in [9.17, 15) is 19.2 Å². The van der Waals surface area contributed by atoms with Gasteiger partial charge in [0.05, 0.1) is 19.6 Å². The molecule has 0 heterocycles. The quantitative estimate of drug-likeness (QED) is 0.412. The first-order chi connectivity index (χ1) is 12.0. The molecule has 0 aliphatic rings. The Bertz CT molecular complexity index is 638. The summed E-state index contributed by atoms with van der Waals surface area (Å²) in [4.78, 5) is 47.2. The van der Waals surface area contributed by atoms with Crippen molar-refractivity contribution >= 4 is 23.6 Å². The number of ketones is 1. The first-order valence-electron chi connectivity index (χ1n) is 7.88. The standard InChI is InChI=1S/C18H21NO6/c1-3-24-17(22)12-14(18(23)25-4-2)19-16(21)11-10-15(20)13-8-6-5-7-9-13/h5-11,14H,3-4,12H2,1-2H3,(H,19,21)/t14-/m0/s1. The summed E-state index contributed by atoms with van der Waals surface area (Å²) in [7, 11) is 0. The van der Waals surface area contributed by atoms with Crippen LogP contribution in [0.1, 0.15) is 30.6 Å². The van der Waals surface area contributed by atoms with Gasteiger partial charge in [0.15, 0.2) is 5.78 Å². The SMILES string of the molecule is CCOC(=O)C[C@H](NC(=O)C=CC(=O)c1ccccc1)C(=O)OCC. The number of nitrogens with one attached hydrogen (secondary N) is 1. The molecule has 7 nitrogen and oxygen atoms in total. The Labute approximate surface area is 146 Å². The molecule has 0 radical (unpaired) electrons. The molecule has 7 heteroatoms. The van der Waals surface area contributed by atoms with E-state index in [1.165, 1.54) is 0 Å². The molecule has 0 bridgehead atoms. The van der Waals surface area contributed by atoms with E-state index < -0.39 is 23.9 Å². The number of amides is 1. The minimum atomic E-state index is -1.18. The summed E-state index contributed by atoms with van der Waals surface area (Å²) < 4.78 is 9.59. The van der Waals surface area contributed by atoms with Gasteiger partial charge in [-0.25, -0.2) is 4.79 Å². The van der Waals surface area contributed by atoms with Gasteiger partial charge < -0.3 is 14.8 Å². The van der Waals surface area contributed by atoms with Gasteiger partial charge in [-0.2, -0.15) is 0 Å². The van der Waals surface area contributed by atoms with Crippen LogP contribution >= 0.6 is 0 Å². The number of esters is 2. The van der Waals surface area contributed by atoms with Crippen molar-refractivity contribution in [1.29, 1.82) is 0 Å². The molecule has 1 aromatic carbocycles. The van der Waals surface area contributed by atoms with Gasteiger partial charge in [0, 0.05) is 11.6 Å². The third-order valence-corrected chi connectivity index (χ3v) is 3.01. The summed E-state index contributed by atoms with van der Waals surface area (Å²) in [6, 6.07) is 7.24. The molecule has 1 amide bonds. The van der Waals surface area contributed by atoms with Gasteiger partial charge in [-0.3, -0.25) is 14.4 Å². The topological polar surface area (TPSA) is 98.8 Å². The summed E-state index contributed by atoms with van der Waals surface area (Å²) in [5.74, 6) is -2.42. The molecule has 1 rings (SSSR count). The van der Waals surface area contributed by atoms with Crippen LogP contribution in [0.3, 0.4) is 0 Å². The van der Waals surface area contributed by atoms with Gasteiger partial charge >= 0.3 is 11.9 Å². The van der Waals surface area contributed by atoms with E-state index in [0.717, 1.165) is 12.2 Å². The molecule has 0 saturated heterocycles. The predicted octanol–water partition coefficient (Wildman–Crippen LogP) is 1.43. The van der Waals surface area contributed by atoms with Gasteiger partial charge in [0.1, 0.15) is 6.04 Å². The van der Waals surface area contributed by atoms with Crippen molar-refractivity contribution in [2.45, 2.75) is 26.3 Å². The van der Waals surface area contributed by atoms with Crippen LogP contribution in [0.5, 0.6) is 0 Å². The van der Waals surface area contributed by atoms with Crippen LogP contribution in [0.2, 0.25) is 0 Å². The van der Waals surface area contributed by atoms with Crippen LogP contribution in [-0.2, 0) is 23.9 Å². The molecule has 0 aliphatic heterocycles. The van der Waals surface area contributed by atoms with E-state index >= 15 is 0 Å². The fourth-order valence-electron chi connectivity index (χ4n) is 1.89. The Kier molecular flexibility index (Phi) is 8.63. The molecule has 25 heavy (non-hydrogen) atoms. The van der Waals surface area contributed by atoms with Gasteiger partial charge in [-0.1, -0.05) is 30.3 Å². The molecule has 1 aromatic rings. The van der Waals surface area contributed by atoms with Gasteiger partial charge in [-0.05, 0) is 19.9 Å². The number of allylic oxidation sites excluding steroid dienone is 1. The highest BCUT2D eigenvalue weighted by Gasteiger charge is 2.25. The Morgan fingerprint density at radius 3 is 2.24 bits per heavy atom. The van der Waals surface area contributed by atoms with Crippen LogP contribution < -0.4 is 5.32 Å². The second-order valence-electron chi connectivity index (χ2n) is 4.89. The van der Waals surface area contributed by atoms with Gasteiger partial charge in [-0.15, -0.1) is 0 Å². The van der Waals surface area contributed by atoms with Crippen LogP contribution in [0.4, 0.5) is 0 Å². The van der Waals surface area contributed by atoms with Crippen molar-refractivity contribution in [2.24, 2.45) is 0 Å². The molecule has 1 N–H and O–H groups in total. The fourth-order valence-corrected chi connectivity index (χ4v) is 1.89. The molecule has 0 fully saturated rings. The molecule has 0 aromatic heterocycles. The smallest absolute Gasteiger partial charge is 0.329 e. The third kappa shape index (κ3) is 7.43. The van der Waals surface area contributed by atoms with Crippen LogP contribution in [0.25, 0.3) is 0 Å². The summed E-state index contributed by atoms with van der Waals surface area (Å²) in [6.45, 7) is 3.51. The summed E-state index contributed by atoms with van der Waals surface area (Å²) in [5, 5.41) is 2.34. The molecular formula is C18H21NO6. The maximum atomic E-state index is 11.9. The zero-order valence-corrected chi connectivity index (χ0v) is 14.2. The lowest BCUT2D eigenvalue weighted by Crippen LogP contribution is -2.43. The average molecular weight is 347 g/mol. The van der Waals surface area contributed by atoms with E-state index in [2.05, 4.69) is 5.32 Å². The van der Waals surface area contributed by atoms with Crippen molar-refractivity contribution in [3.05, 3.63) is 48.0 Å². The Morgan fingerprint density at radius 1 is 1.00 bits per heavy atom. The maximum absolute atomic E-state index is 11.9. The molecule has 0 spiro atoms. The average Bonchev–Trinajstić information content (AvgIpc) is 2.60. The third-order valence-electron chi connectivity index (χ3n) is 3.01. The van der Waals surface area contributed by atoms with Gasteiger partial charge in [0.25, 0.3) is 0 Å². The van der Waals surface area contributed by atoms with E-state index in [1.807, 2.05) is 0 Å². The minimum absolute atomic E-state index is 0.108. The zero-order valence-electron chi connectivity index (χ0n) is 14.2. The summed E-state index contributed by atoms with van der Waals surface area (Å²) >= 11 is 0. The van der Waals surface area contributed by atoms with Crippen molar-refractivity contribution in [2.75, 3.05) is 13.2 Å². The van der Waals surface area contributed by atoms with Crippen LogP contribution in [0, 0.1) is 0 Å². The van der Waals surface area contributed by atoms with Crippen molar-refractivity contribution < 1.29 is 28.7 Å². The Hall–Kier alpha value is -2.96. The van der Waals surface area contributed by atoms with Crippen molar-refractivity contribution in [1.82, 2.24) is 5.32 Å². The second kappa shape index (κ2) is 10.7. The van der Waals surface area contributed by atoms with E-state index in [1.54, 1.807) is 44.2 Å². The minimum Gasteiger partial charge on any atom is -0.466 e. The lowest BCUT2D eigenvalue weighted by atomic mass is 10.1. The number of rotatable bonds is 9. The molecular weight excluding hydrogens is 326 g/mol. The molecule has 0 unspecified atom stereocenters. The number of ether oxygens (including phenoxy) is 2. The monoisotopic (exact) mass is 347 g/mol. The Morgan fingerprint density at radius 2 is 1.64 bits per heavy atom. The predicted molar refractivity (Wildman–Crippen MR) is 89.7 cm³/mol. The molecule has 0 saturated carbocycles. The van der Waals surface area contributed by atoms with E-state index in [0.29, 0.717) is 5.56 Å². The highest BCUT2D eigenvalue weighted by atomic mass is 16.5. The Balaban J connectivity index is 2.70. The van der Waals surface area contributed by atoms with Crippen molar-refractivity contribution in [3.8, 4) is 0 Å². The lowest BCUT2D eigenvalue weighted by Gasteiger charge is -2.15. The molecule has 1 atom stereocenters. The highest BCUT2D eigenvalue weighted by molar-refractivity contribution is 6.07. The number of carbonyl (C=O) groups is 4. The second-order valence-corrected chi connectivity index (χ2v) is 4.89. The molecule has 134 valence electrons. The zero-order chi connectivity index (χ0) is 18.7. The number of hydrogen-bond donors (Lipinski definition) is 1. The lowest BCUT2D eigenvalue weighted by molar-refractivity contribution is -0.153. The first-order valence-corrected chi connectivity index (χ1v) is 7.88. The van der Waals surface area contributed by atoms with E-state index in [-0.39, 0.29) is 25.4 Å². The summed E-state index contributed by atoms with van der Waals surface area (Å²) in [6.07, 6.45) is 1.75. The van der Waals surface area contributed by atoms with Gasteiger partial charge in [0.2, 0.25) is 5.91 Å². The largest absolute Gasteiger partial charge is 0.466 e. The number of carbonyl (C=O) groups excluding carboxylic acids is 4. The number of hydrogen-bond acceptors (Lipinski definition) is 6. The maximum Gasteiger partial charge on any atom is 0.329 e. The first kappa shape index (κ1) is 20.1. The van der Waals surface area contributed by atoms with Crippen LogP contribution in [0.15, 0.2) is 42.5 Å².